The summed E-state index contributed by atoms with van der Waals surface area (Å²) in [5.74, 6) is 0.0656. The van der Waals surface area contributed by atoms with Gasteiger partial charge in [0.1, 0.15) is 5.82 Å². The molecule has 5 nitrogen and oxygen atoms in total. The van der Waals surface area contributed by atoms with Crippen molar-refractivity contribution in [3.8, 4) is 11.5 Å². The van der Waals surface area contributed by atoms with Crippen molar-refractivity contribution < 1.29 is 13.7 Å². The topological polar surface area (TPSA) is 74.2 Å². The molecule has 2 aromatic rings. The minimum atomic E-state index is -0.481. The summed E-state index contributed by atoms with van der Waals surface area (Å²) in [4.78, 5) is 4.11. The molecular formula is C12H14FN3O2. The monoisotopic (exact) mass is 251 g/mol. The van der Waals surface area contributed by atoms with Crippen molar-refractivity contribution in [3.05, 3.63) is 29.8 Å². The van der Waals surface area contributed by atoms with Gasteiger partial charge in [0.15, 0.2) is 5.82 Å². The SMILES string of the molecule is COC(C)Cc1noc(-c2c(N)cccc2F)n1. The Morgan fingerprint density at radius 2 is 2.28 bits per heavy atom. The van der Waals surface area contributed by atoms with E-state index in [1.54, 1.807) is 13.2 Å². The normalized spacial score (nSPS) is 12.6. The number of rotatable bonds is 4. The molecule has 0 aliphatic heterocycles. The van der Waals surface area contributed by atoms with Gasteiger partial charge >= 0.3 is 0 Å². The van der Waals surface area contributed by atoms with Gasteiger partial charge < -0.3 is 15.0 Å². The first-order chi connectivity index (χ1) is 8.61. The molecule has 0 aliphatic carbocycles. The third-order valence-corrected chi connectivity index (χ3v) is 2.60. The Hall–Kier alpha value is -1.95. The molecule has 0 spiro atoms. The summed E-state index contributed by atoms with van der Waals surface area (Å²) in [6.45, 7) is 1.88. The molecule has 1 aromatic carbocycles. The fourth-order valence-electron chi connectivity index (χ4n) is 1.55. The van der Waals surface area contributed by atoms with Crippen LogP contribution >= 0.6 is 0 Å². The second-order valence-electron chi connectivity index (χ2n) is 3.97. The average Bonchev–Trinajstić information content (AvgIpc) is 2.77. The maximum atomic E-state index is 13.6. The number of nitrogens with two attached hydrogens (primary N) is 1. The van der Waals surface area contributed by atoms with E-state index in [2.05, 4.69) is 10.1 Å². The van der Waals surface area contributed by atoms with Crippen molar-refractivity contribution in [1.82, 2.24) is 10.1 Å². The molecule has 1 aromatic heterocycles. The molecule has 0 radical (unpaired) electrons. The molecule has 0 saturated carbocycles. The van der Waals surface area contributed by atoms with Gasteiger partial charge in [0.05, 0.1) is 11.7 Å². The first-order valence-corrected chi connectivity index (χ1v) is 5.51. The van der Waals surface area contributed by atoms with Crippen LogP contribution < -0.4 is 5.73 Å². The Morgan fingerprint density at radius 1 is 1.50 bits per heavy atom. The van der Waals surface area contributed by atoms with Gasteiger partial charge in [-0.25, -0.2) is 4.39 Å². The zero-order valence-corrected chi connectivity index (χ0v) is 10.2. The lowest BCUT2D eigenvalue weighted by atomic mass is 10.1. The van der Waals surface area contributed by atoms with E-state index in [0.29, 0.717) is 12.2 Å². The molecule has 18 heavy (non-hydrogen) atoms. The lowest BCUT2D eigenvalue weighted by Crippen LogP contribution is -2.09. The Kier molecular flexibility index (Phi) is 3.57. The number of halogens is 1. The third kappa shape index (κ3) is 2.48. The van der Waals surface area contributed by atoms with Crippen LogP contribution in [0.5, 0.6) is 0 Å². The Balaban J connectivity index is 2.30. The van der Waals surface area contributed by atoms with Crippen molar-refractivity contribution in [1.29, 1.82) is 0 Å². The maximum absolute atomic E-state index is 13.6. The second-order valence-corrected chi connectivity index (χ2v) is 3.97. The van der Waals surface area contributed by atoms with Gasteiger partial charge in [-0.1, -0.05) is 11.2 Å². The van der Waals surface area contributed by atoms with Gasteiger partial charge in [-0.05, 0) is 19.1 Å². The highest BCUT2D eigenvalue weighted by atomic mass is 19.1. The number of methoxy groups -OCH3 is 1. The van der Waals surface area contributed by atoms with Crippen LogP contribution in [-0.2, 0) is 11.2 Å². The number of hydrogen-bond acceptors (Lipinski definition) is 5. The predicted octanol–water partition coefficient (Wildman–Crippen LogP) is 2.04. The van der Waals surface area contributed by atoms with Crippen LogP contribution in [0.2, 0.25) is 0 Å². The van der Waals surface area contributed by atoms with E-state index in [1.807, 2.05) is 6.92 Å². The van der Waals surface area contributed by atoms with E-state index < -0.39 is 5.82 Å². The molecule has 0 fully saturated rings. The summed E-state index contributed by atoms with van der Waals surface area (Å²) in [7, 11) is 1.60. The highest BCUT2D eigenvalue weighted by molar-refractivity contribution is 5.70. The minimum absolute atomic E-state index is 0.0339. The molecule has 1 heterocycles. The standard InChI is InChI=1S/C12H14FN3O2/c1-7(17-2)6-10-15-12(18-16-10)11-8(13)4-3-5-9(11)14/h3-5,7H,6,14H2,1-2H3. The molecule has 1 atom stereocenters. The predicted molar refractivity (Wildman–Crippen MR) is 64.3 cm³/mol. The van der Waals surface area contributed by atoms with E-state index in [1.165, 1.54) is 12.1 Å². The van der Waals surface area contributed by atoms with Crippen LogP contribution in [0.3, 0.4) is 0 Å². The fourth-order valence-corrected chi connectivity index (χ4v) is 1.55. The van der Waals surface area contributed by atoms with E-state index in [-0.39, 0.29) is 23.2 Å². The van der Waals surface area contributed by atoms with Crippen LogP contribution in [0.1, 0.15) is 12.7 Å². The van der Waals surface area contributed by atoms with Crippen molar-refractivity contribution in [3.63, 3.8) is 0 Å². The summed E-state index contributed by atoms with van der Waals surface area (Å²) in [5.41, 5.74) is 6.11. The molecule has 96 valence electrons. The first kappa shape index (κ1) is 12.5. The Bertz CT molecular complexity index is 522. The van der Waals surface area contributed by atoms with E-state index in [0.717, 1.165) is 0 Å². The number of ether oxygens (including phenoxy) is 1. The van der Waals surface area contributed by atoms with Crippen molar-refractivity contribution in [2.75, 3.05) is 12.8 Å². The van der Waals surface area contributed by atoms with Gasteiger partial charge in [0.2, 0.25) is 0 Å². The second kappa shape index (κ2) is 5.14. The zero-order chi connectivity index (χ0) is 13.1. The van der Waals surface area contributed by atoms with Gasteiger partial charge in [0, 0.05) is 19.2 Å². The van der Waals surface area contributed by atoms with Gasteiger partial charge in [-0.3, -0.25) is 0 Å². The number of aromatic nitrogens is 2. The van der Waals surface area contributed by atoms with Crippen LogP contribution in [0, 0.1) is 5.82 Å². The maximum Gasteiger partial charge on any atom is 0.263 e. The van der Waals surface area contributed by atoms with E-state index in [9.17, 15) is 4.39 Å². The molecule has 0 aliphatic rings. The highest BCUT2D eigenvalue weighted by Gasteiger charge is 2.17. The van der Waals surface area contributed by atoms with Crippen LogP contribution in [0.4, 0.5) is 10.1 Å². The molecule has 0 saturated heterocycles. The number of hydrogen-bond donors (Lipinski definition) is 1. The summed E-state index contributed by atoms with van der Waals surface area (Å²) < 4.78 is 23.8. The molecule has 0 amide bonds. The smallest absolute Gasteiger partial charge is 0.263 e. The lowest BCUT2D eigenvalue weighted by Gasteiger charge is -2.04. The van der Waals surface area contributed by atoms with Gasteiger partial charge in [0.25, 0.3) is 5.89 Å². The molecule has 0 bridgehead atoms. The highest BCUT2D eigenvalue weighted by Crippen LogP contribution is 2.27. The first-order valence-electron chi connectivity index (χ1n) is 5.51. The number of nitrogens with zero attached hydrogens (tertiary/aromatic N) is 2. The van der Waals surface area contributed by atoms with Crippen LogP contribution in [-0.4, -0.2) is 23.4 Å². The minimum Gasteiger partial charge on any atom is -0.398 e. The van der Waals surface area contributed by atoms with E-state index in [4.69, 9.17) is 15.0 Å². The van der Waals surface area contributed by atoms with Crippen molar-refractivity contribution in [2.24, 2.45) is 0 Å². The number of anilines is 1. The lowest BCUT2D eigenvalue weighted by molar-refractivity contribution is 0.116. The molecule has 6 heteroatoms. The van der Waals surface area contributed by atoms with Gasteiger partial charge in [-0.15, -0.1) is 0 Å². The summed E-state index contributed by atoms with van der Waals surface area (Å²) in [5, 5.41) is 3.77. The average molecular weight is 251 g/mol. The fraction of sp³-hybridized carbons (Fsp3) is 0.333. The largest absolute Gasteiger partial charge is 0.398 e. The van der Waals surface area contributed by atoms with Crippen LogP contribution in [0.15, 0.2) is 22.7 Å². The zero-order valence-electron chi connectivity index (χ0n) is 10.2. The summed E-state index contributed by atoms with van der Waals surface area (Å²) in [6, 6.07) is 4.41. The third-order valence-electron chi connectivity index (χ3n) is 2.60. The van der Waals surface area contributed by atoms with Crippen molar-refractivity contribution in [2.45, 2.75) is 19.4 Å². The Morgan fingerprint density at radius 3 is 2.94 bits per heavy atom. The number of nitrogen functional groups attached to an aromatic ring is 1. The summed E-state index contributed by atoms with van der Waals surface area (Å²) in [6.07, 6.45) is 0.461. The molecule has 2 rings (SSSR count). The van der Waals surface area contributed by atoms with Crippen LogP contribution in [0.25, 0.3) is 11.5 Å². The quantitative estimate of drug-likeness (QED) is 0.841. The van der Waals surface area contributed by atoms with Crippen molar-refractivity contribution >= 4 is 5.69 Å². The van der Waals surface area contributed by atoms with Gasteiger partial charge in [-0.2, -0.15) is 4.98 Å². The molecular weight excluding hydrogens is 237 g/mol. The summed E-state index contributed by atoms with van der Waals surface area (Å²) >= 11 is 0. The Labute approximate surface area is 104 Å². The molecule has 1 unspecified atom stereocenters. The number of benzene rings is 1. The molecule has 2 N–H and O–H groups in total. The van der Waals surface area contributed by atoms with E-state index >= 15 is 0 Å².